The third-order valence-corrected chi connectivity index (χ3v) is 1.87. The molecule has 0 fully saturated rings. The third kappa shape index (κ3) is 11.9. The van der Waals surface area contributed by atoms with Gasteiger partial charge in [-0.2, -0.15) is 0 Å². The fourth-order valence-electron chi connectivity index (χ4n) is 1.07. The summed E-state index contributed by atoms with van der Waals surface area (Å²) < 4.78 is 0. The Bertz CT molecular complexity index is 94.2. The van der Waals surface area contributed by atoms with Crippen molar-refractivity contribution in [2.45, 2.75) is 19.8 Å². The second-order valence-corrected chi connectivity index (χ2v) is 3.66. The monoisotopic (exact) mass is 187 g/mol. The van der Waals surface area contributed by atoms with E-state index in [2.05, 4.69) is 36.6 Å². The Morgan fingerprint density at radius 1 is 0.923 bits per heavy atom. The van der Waals surface area contributed by atoms with Crippen LogP contribution in [0.3, 0.4) is 0 Å². The van der Waals surface area contributed by atoms with E-state index >= 15 is 0 Å². The van der Waals surface area contributed by atoms with E-state index in [1.54, 1.807) is 0 Å². The molecule has 13 heavy (non-hydrogen) atoms. The van der Waals surface area contributed by atoms with Gasteiger partial charge in [-0.3, -0.25) is 0 Å². The van der Waals surface area contributed by atoms with Crippen molar-refractivity contribution < 1.29 is 0 Å². The molecule has 0 heterocycles. The van der Waals surface area contributed by atoms with Crippen molar-refractivity contribution in [2.24, 2.45) is 0 Å². The van der Waals surface area contributed by atoms with Crippen LogP contribution >= 0.6 is 0 Å². The van der Waals surface area contributed by atoms with Crippen LogP contribution in [-0.4, -0.2) is 51.7 Å². The van der Waals surface area contributed by atoms with Crippen LogP contribution in [0.15, 0.2) is 0 Å². The summed E-state index contributed by atoms with van der Waals surface area (Å²) in [6, 6.07) is 0. The molecule has 0 aromatic heterocycles. The zero-order valence-electron chi connectivity index (χ0n) is 9.40. The Balaban J connectivity index is 2.84. The Morgan fingerprint density at radius 3 is 2.08 bits per heavy atom. The minimum Gasteiger partial charge on any atom is -0.317 e. The lowest BCUT2D eigenvalue weighted by Gasteiger charge is -2.10. The number of nitrogens with one attached hydrogen (secondary N) is 2. The minimum atomic E-state index is 1.10. The third-order valence-electron chi connectivity index (χ3n) is 1.87. The molecule has 3 heteroatoms. The first-order valence-electron chi connectivity index (χ1n) is 5.33. The van der Waals surface area contributed by atoms with Crippen LogP contribution < -0.4 is 10.6 Å². The van der Waals surface area contributed by atoms with Crippen molar-refractivity contribution in [3.8, 4) is 0 Å². The number of hydrogen-bond acceptors (Lipinski definition) is 3. The van der Waals surface area contributed by atoms with Gasteiger partial charge in [-0.15, -0.1) is 0 Å². The summed E-state index contributed by atoms with van der Waals surface area (Å²) in [4.78, 5) is 2.20. The molecule has 0 unspecified atom stereocenters. The van der Waals surface area contributed by atoms with Crippen molar-refractivity contribution in [1.82, 2.24) is 15.5 Å². The van der Waals surface area contributed by atoms with E-state index in [0.29, 0.717) is 0 Å². The summed E-state index contributed by atoms with van der Waals surface area (Å²) in [5.74, 6) is 0. The molecular weight excluding hydrogens is 162 g/mol. The second kappa shape index (κ2) is 9.96. The van der Waals surface area contributed by atoms with Gasteiger partial charge in [-0.25, -0.2) is 0 Å². The topological polar surface area (TPSA) is 27.3 Å². The molecule has 80 valence electrons. The maximum Gasteiger partial charge on any atom is 0.0101 e. The highest BCUT2D eigenvalue weighted by molar-refractivity contribution is 4.53. The zero-order valence-corrected chi connectivity index (χ0v) is 9.40. The van der Waals surface area contributed by atoms with E-state index in [0.717, 1.165) is 32.7 Å². The number of nitrogens with zero attached hydrogens (tertiary/aromatic N) is 1. The molecule has 0 aliphatic carbocycles. The van der Waals surface area contributed by atoms with Gasteiger partial charge < -0.3 is 15.5 Å². The van der Waals surface area contributed by atoms with Crippen LogP contribution in [0.5, 0.6) is 0 Å². The van der Waals surface area contributed by atoms with Gasteiger partial charge in [-0.1, -0.05) is 6.92 Å². The molecule has 0 bridgehead atoms. The van der Waals surface area contributed by atoms with E-state index in [1.807, 2.05) is 0 Å². The molecular formula is C10H25N3. The maximum atomic E-state index is 3.41. The highest BCUT2D eigenvalue weighted by Crippen LogP contribution is 1.76. The minimum absolute atomic E-state index is 1.10. The highest BCUT2D eigenvalue weighted by Gasteiger charge is 1.90. The second-order valence-electron chi connectivity index (χ2n) is 3.66. The number of likely N-dealkylation sites (N-methyl/N-ethyl adjacent to an activating group) is 1. The van der Waals surface area contributed by atoms with E-state index in [4.69, 9.17) is 0 Å². The Labute approximate surface area is 82.9 Å². The normalized spacial score (nSPS) is 11.1. The molecule has 0 aliphatic rings. The lowest BCUT2D eigenvalue weighted by molar-refractivity contribution is 0.399. The molecule has 0 saturated heterocycles. The van der Waals surface area contributed by atoms with Gasteiger partial charge in [0.05, 0.1) is 0 Å². The van der Waals surface area contributed by atoms with Crippen LogP contribution in [0.2, 0.25) is 0 Å². The molecule has 0 saturated carbocycles. The molecule has 0 amide bonds. The highest BCUT2D eigenvalue weighted by atomic mass is 15.1. The van der Waals surface area contributed by atoms with Gasteiger partial charge >= 0.3 is 0 Å². The van der Waals surface area contributed by atoms with Gasteiger partial charge in [0.2, 0.25) is 0 Å². The largest absolute Gasteiger partial charge is 0.317 e. The summed E-state index contributed by atoms with van der Waals surface area (Å²) in [6.07, 6.45) is 2.46. The SMILES string of the molecule is CCCNCCCNCCN(C)C. The lowest BCUT2D eigenvalue weighted by atomic mass is 10.4. The first kappa shape index (κ1) is 12.9. The molecule has 0 aliphatic heterocycles. The van der Waals surface area contributed by atoms with Gasteiger partial charge in [0, 0.05) is 13.1 Å². The first-order chi connectivity index (χ1) is 6.27. The number of rotatable bonds is 9. The maximum absolute atomic E-state index is 3.41. The first-order valence-corrected chi connectivity index (χ1v) is 5.33. The lowest BCUT2D eigenvalue weighted by Crippen LogP contribution is -2.28. The number of hydrogen-bond donors (Lipinski definition) is 2. The predicted molar refractivity (Wildman–Crippen MR) is 59.2 cm³/mol. The van der Waals surface area contributed by atoms with E-state index < -0.39 is 0 Å². The Hall–Kier alpha value is -0.120. The van der Waals surface area contributed by atoms with Gasteiger partial charge in [0.25, 0.3) is 0 Å². The molecule has 2 N–H and O–H groups in total. The van der Waals surface area contributed by atoms with Crippen molar-refractivity contribution >= 4 is 0 Å². The van der Waals surface area contributed by atoms with E-state index in [-0.39, 0.29) is 0 Å². The summed E-state index contributed by atoms with van der Waals surface area (Å²) in [5.41, 5.74) is 0. The standard InChI is InChI=1S/C10H25N3/c1-4-6-11-7-5-8-12-9-10-13(2)3/h11-12H,4-10H2,1-3H3. The Kier molecular flexibility index (Phi) is 9.87. The fraction of sp³-hybridized carbons (Fsp3) is 1.00. The molecule has 0 rings (SSSR count). The quantitative estimate of drug-likeness (QED) is 0.516. The smallest absolute Gasteiger partial charge is 0.0101 e. The van der Waals surface area contributed by atoms with Gasteiger partial charge in [-0.05, 0) is 46.6 Å². The molecule has 0 spiro atoms. The molecule has 0 aromatic rings. The van der Waals surface area contributed by atoms with Crippen LogP contribution in [0.25, 0.3) is 0 Å². The van der Waals surface area contributed by atoms with Crippen molar-refractivity contribution in [3.05, 3.63) is 0 Å². The summed E-state index contributed by atoms with van der Waals surface area (Å²) in [7, 11) is 4.20. The van der Waals surface area contributed by atoms with Crippen LogP contribution in [0, 0.1) is 0 Å². The molecule has 0 radical (unpaired) electrons. The van der Waals surface area contributed by atoms with E-state index in [1.165, 1.54) is 12.8 Å². The van der Waals surface area contributed by atoms with Crippen molar-refractivity contribution in [2.75, 3.05) is 46.8 Å². The summed E-state index contributed by atoms with van der Waals surface area (Å²) in [5, 5.41) is 6.80. The van der Waals surface area contributed by atoms with Crippen LogP contribution in [0.4, 0.5) is 0 Å². The zero-order chi connectivity index (χ0) is 9.94. The summed E-state index contributed by atoms with van der Waals surface area (Å²) in [6.45, 7) is 7.84. The molecule has 0 atom stereocenters. The van der Waals surface area contributed by atoms with Crippen LogP contribution in [-0.2, 0) is 0 Å². The Morgan fingerprint density at radius 2 is 1.54 bits per heavy atom. The van der Waals surface area contributed by atoms with Crippen molar-refractivity contribution in [3.63, 3.8) is 0 Å². The fourth-order valence-corrected chi connectivity index (χ4v) is 1.07. The average Bonchev–Trinajstić information content (AvgIpc) is 2.09. The molecule has 0 aromatic carbocycles. The predicted octanol–water partition coefficient (Wildman–Crippen LogP) is 0.527. The van der Waals surface area contributed by atoms with E-state index in [9.17, 15) is 0 Å². The van der Waals surface area contributed by atoms with Crippen molar-refractivity contribution in [1.29, 1.82) is 0 Å². The molecule has 3 nitrogen and oxygen atoms in total. The average molecular weight is 187 g/mol. The van der Waals surface area contributed by atoms with Gasteiger partial charge in [0.15, 0.2) is 0 Å². The summed E-state index contributed by atoms with van der Waals surface area (Å²) >= 11 is 0. The van der Waals surface area contributed by atoms with Gasteiger partial charge in [0.1, 0.15) is 0 Å². The van der Waals surface area contributed by atoms with Crippen LogP contribution in [0.1, 0.15) is 19.8 Å².